The lowest BCUT2D eigenvalue weighted by atomic mass is 9.57. The number of phenols is 1. The standard InChI is InChI=1S/C35H40N4O8/c1-38(2)28-23-17-20-16-22-21(18-7-6-8-19(15-18)34(46)37-11-14-39-12-4-3-5-13-39)9-10-24(40)26(22)29(41)25(20)31(43)35(23,47)32(44)27(30(28)42)33(36)45/h6-10,15,20,23,28,40-41,44,47H,3-5,11-14,16-17H2,1-2H3,(H2,36,45)(H,37,46)/t20-,23-,28+,35-/m0/s1. The minimum Gasteiger partial charge on any atom is -0.508 e. The van der Waals surface area contributed by atoms with Crippen LogP contribution in [0.1, 0.15) is 47.2 Å². The Labute approximate surface area is 272 Å². The first-order chi connectivity index (χ1) is 22.4. The van der Waals surface area contributed by atoms with Crippen LogP contribution in [0.4, 0.5) is 0 Å². The number of primary amides is 1. The number of nitrogens with two attached hydrogens (primary N) is 1. The number of nitrogens with zero attached hydrogens (tertiary/aromatic N) is 2. The molecule has 4 aliphatic rings. The number of likely N-dealkylation sites (tertiary alicyclic amines) is 1. The molecular formula is C35H40N4O8. The van der Waals surface area contributed by atoms with Gasteiger partial charge in [-0.15, -0.1) is 0 Å². The molecule has 2 aromatic rings. The van der Waals surface area contributed by atoms with Crippen molar-refractivity contribution in [2.45, 2.75) is 43.7 Å². The highest BCUT2D eigenvalue weighted by atomic mass is 16.3. The molecule has 0 radical (unpaired) electrons. The maximum atomic E-state index is 14.1. The first-order valence-corrected chi connectivity index (χ1v) is 16.0. The molecule has 0 bridgehead atoms. The van der Waals surface area contributed by atoms with E-state index < -0.39 is 58.0 Å². The van der Waals surface area contributed by atoms with Crippen LogP contribution in [-0.4, -0.2) is 106 Å². The van der Waals surface area contributed by atoms with E-state index in [1.165, 1.54) is 30.2 Å². The van der Waals surface area contributed by atoms with Gasteiger partial charge in [-0.05, 0) is 93.7 Å². The predicted octanol–water partition coefficient (Wildman–Crippen LogP) is 1.85. The Balaban J connectivity index is 1.36. The van der Waals surface area contributed by atoms with Gasteiger partial charge in [-0.2, -0.15) is 0 Å². The smallest absolute Gasteiger partial charge is 0.255 e. The number of rotatable bonds is 7. The van der Waals surface area contributed by atoms with Crippen LogP contribution in [0.2, 0.25) is 0 Å². The summed E-state index contributed by atoms with van der Waals surface area (Å²) in [5.74, 6) is -7.25. The number of piperidine rings is 1. The first kappa shape index (κ1) is 32.4. The van der Waals surface area contributed by atoms with Gasteiger partial charge < -0.3 is 36.4 Å². The maximum Gasteiger partial charge on any atom is 0.255 e. The average Bonchev–Trinajstić information content (AvgIpc) is 3.03. The van der Waals surface area contributed by atoms with Crippen molar-refractivity contribution in [1.29, 1.82) is 0 Å². The van der Waals surface area contributed by atoms with Crippen LogP contribution in [0.5, 0.6) is 5.75 Å². The van der Waals surface area contributed by atoms with E-state index in [0.29, 0.717) is 28.8 Å². The Morgan fingerprint density at radius 2 is 1.79 bits per heavy atom. The average molecular weight is 645 g/mol. The Kier molecular flexibility index (Phi) is 8.45. The third-order valence-corrected chi connectivity index (χ3v) is 10.2. The van der Waals surface area contributed by atoms with Gasteiger partial charge >= 0.3 is 0 Å². The van der Waals surface area contributed by atoms with E-state index in [4.69, 9.17) is 5.73 Å². The zero-order valence-electron chi connectivity index (χ0n) is 26.5. The van der Waals surface area contributed by atoms with Gasteiger partial charge in [0.1, 0.15) is 22.8 Å². The van der Waals surface area contributed by atoms with E-state index in [2.05, 4.69) is 10.2 Å². The van der Waals surface area contributed by atoms with Crippen LogP contribution in [0, 0.1) is 11.8 Å². The molecule has 1 aliphatic heterocycles. The molecular weight excluding hydrogens is 604 g/mol. The summed E-state index contributed by atoms with van der Waals surface area (Å²) in [6.45, 7) is 3.36. The minimum absolute atomic E-state index is 0.00447. The summed E-state index contributed by atoms with van der Waals surface area (Å²) in [7, 11) is 3.11. The lowest BCUT2D eigenvalue weighted by molar-refractivity contribution is -0.153. The molecule has 12 nitrogen and oxygen atoms in total. The zero-order chi connectivity index (χ0) is 33.8. The second kappa shape index (κ2) is 12.3. The van der Waals surface area contributed by atoms with Crippen molar-refractivity contribution >= 4 is 29.1 Å². The van der Waals surface area contributed by atoms with Crippen molar-refractivity contribution in [1.82, 2.24) is 15.1 Å². The lowest BCUT2D eigenvalue weighted by Gasteiger charge is -2.50. The number of aromatic hydroxyl groups is 1. The van der Waals surface area contributed by atoms with Gasteiger partial charge in [0.25, 0.3) is 11.8 Å². The van der Waals surface area contributed by atoms with E-state index >= 15 is 0 Å². The first-order valence-electron chi connectivity index (χ1n) is 16.0. The molecule has 2 amide bonds. The number of likely N-dealkylation sites (N-methyl/N-ethyl adjacent to an activating group) is 1. The summed E-state index contributed by atoms with van der Waals surface area (Å²) < 4.78 is 0. The largest absolute Gasteiger partial charge is 0.508 e. The highest BCUT2D eigenvalue weighted by molar-refractivity contribution is 6.24. The van der Waals surface area contributed by atoms with Crippen LogP contribution in [0.25, 0.3) is 16.9 Å². The van der Waals surface area contributed by atoms with Gasteiger partial charge in [0.15, 0.2) is 11.4 Å². The molecule has 12 heteroatoms. The number of carbonyl (C=O) groups excluding carboxylic acids is 4. The van der Waals surface area contributed by atoms with Crippen molar-refractivity contribution in [2.24, 2.45) is 17.6 Å². The number of hydrogen-bond acceptors (Lipinski definition) is 10. The number of carbonyl (C=O) groups is 4. The van der Waals surface area contributed by atoms with Gasteiger partial charge in [-0.25, -0.2) is 0 Å². The molecule has 0 aromatic heterocycles. The number of nitrogens with one attached hydrogen (secondary N) is 1. The number of amides is 2. The van der Waals surface area contributed by atoms with Crippen molar-refractivity contribution in [3.63, 3.8) is 0 Å². The molecule has 6 rings (SSSR count). The van der Waals surface area contributed by atoms with E-state index in [1.54, 1.807) is 38.4 Å². The molecule has 1 heterocycles. The van der Waals surface area contributed by atoms with Gasteiger partial charge in [-0.1, -0.05) is 24.6 Å². The number of aliphatic hydroxyl groups is 3. The Bertz CT molecular complexity index is 1740. The fraction of sp³-hybridized carbons (Fsp3) is 0.429. The highest BCUT2D eigenvalue weighted by Gasteiger charge is 2.64. The minimum atomic E-state index is -2.70. The summed E-state index contributed by atoms with van der Waals surface area (Å²) in [5.41, 5.74) is 3.87. The van der Waals surface area contributed by atoms with Crippen molar-refractivity contribution in [2.75, 3.05) is 40.3 Å². The maximum absolute atomic E-state index is 14.1. The van der Waals surface area contributed by atoms with E-state index in [1.807, 2.05) is 6.07 Å². The van der Waals surface area contributed by atoms with Crippen LogP contribution >= 0.6 is 0 Å². The summed E-state index contributed by atoms with van der Waals surface area (Å²) in [5, 5.41) is 48.3. The Hall–Kier alpha value is -4.52. The Morgan fingerprint density at radius 1 is 1.06 bits per heavy atom. The highest BCUT2D eigenvalue weighted by Crippen LogP contribution is 2.53. The van der Waals surface area contributed by atoms with Crippen molar-refractivity contribution < 1.29 is 39.6 Å². The molecule has 0 spiro atoms. The monoisotopic (exact) mass is 644 g/mol. The summed E-state index contributed by atoms with van der Waals surface area (Å²) in [6, 6.07) is 8.91. The van der Waals surface area contributed by atoms with E-state index in [-0.39, 0.29) is 35.6 Å². The van der Waals surface area contributed by atoms with Crippen LogP contribution in [-0.2, 0) is 20.8 Å². The van der Waals surface area contributed by atoms with Gasteiger partial charge in [0.05, 0.1) is 11.6 Å². The van der Waals surface area contributed by atoms with E-state index in [0.717, 1.165) is 19.6 Å². The van der Waals surface area contributed by atoms with E-state index in [9.17, 15) is 39.6 Å². The fourth-order valence-electron chi connectivity index (χ4n) is 7.96. The normalized spacial score (nSPS) is 26.2. The molecule has 2 aromatic carbocycles. The third-order valence-electron chi connectivity index (χ3n) is 10.2. The topological polar surface area (TPSA) is 194 Å². The SMILES string of the molecule is CN(C)[C@H]1C(=O)C(C(N)=O)=C(O)[C@@]2(O)C(=O)C3=C(O)c4c(O)ccc(-c5cccc(C(=O)NCCN6CCCCC6)c5)c4C[C@H]3C[C@@H]12. The predicted molar refractivity (Wildman–Crippen MR) is 172 cm³/mol. The molecule has 4 atom stereocenters. The zero-order valence-corrected chi connectivity index (χ0v) is 26.5. The molecule has 3 aliphatic carbocycles. The van der Waals surface area contributed by atoms with Crippen LogP contribution in [0.3, 0.4) is 0 Å². The van der Waals surface area contributed by atoms with Gasteiger partial charge in [0.2, 0.25) is 5.78 Å². The number of hydrogen-bond donors (Lipinski definition) is 6. The summed E-state index contributed by atoms with van der Waals surface area (Å²) >= 11 is 0. The quantitative estimate of drug-likeness (QED) is 0.242. The molecule has 248 valence electrons. The van der Waals surface area contributed by atoms with Crippen LogP contribution < -0.4 is 11.1 Å². The Morgan fingerprint density at radius 3 is 2.47 bits per heavy atom. The molecule has 7 N–H and O–H groups in total. The number of Topliss-reactive ketones (excluding diaryl/α,β-unsaturated/α-hetero) is 2. The second-order valence-electron chi connectivity index (χ2n) is 13.2. The van der Waals surface area contributed by atoms with Crippen molar-refractivity contribution in [3.05, 3.63) is 70.0 Å². The summed E-state index contributed by atoms with van der Waals surface area (Å²) in [4.78, 5) is 56.5. The molecule has 0 unspecified atom stereocenters. The summed E-state index contributed by atoms with van der Waals surface area (Å²) in [6.07, 6.45) is 3.70. The van der Waals surface area contributed by atoms with Crippen LogP contribution in [0.15, 0.2) is 53.3 Å². The fourth-order valence-corrected chi connectivity index (χ4v) is 7.96. The number of ketones is 2. The number of aliphatic hydroxyl groups excluding tert-OH is 2. The third kappa shape index (κ3) is 5.30. The van der Waals surface area contributed by atoms with Gasteiger partial charge in [-0.3, -0.25) is 24.1 Å². The molecule has 47 heavy (non-hydrogen) atoms. The molecule has 1 saturated heterocycles. The molecule has 2 fully saturated rings. The molecule has 1 saturated carbocycles. The van der Waals surface area contributed by atoms with Crippen molar-refractivity contribution in [3.8, 4) is 16.9 Å². The number of fused-ring (bicyclic) bond motifs is 3. The number of benzene rings is 2. The second-order valence-corrected chi connectivity index (χ2v) is 13.2. The van der Waals surface area contributed by atoms with Gasteiger partial charge in [0, 0.05) is 30.1 Å². The number of phenolic OH excluding ortho intramolecular Hbond substituents is 1. The lowest BCUT2D eigenvalue weighted by Crippen LogP contribution is -2.65.